The molecule has 2 amide bonds. The normalized spacial score (nSPS) is 18.7. The number of imide groups is 1. The number of quaternary nitrogens is 1. The number of hydrogen-bond donors (Lipinski definition) is 0. The van der Waals surface area contributed by atoms with Gasteiger partial charge in [-0.1, -0.05) is 24.1 Å². The number of terminal acetylenes is 1. The van der Waals surface area contributed by atoms with Gasteiger partial charge in [-0.15, -0.1) is 10.9 Å². The Morgan fingerprint density at radius 2 is 1.70 bits per heavy atom. The molecule has 6 rings (SSSR count). The number of nitrogens with zero attached hydrogens (tertiary/aromatic N) is 1. The third-order valence-electron chi connectivity index (χ3n) is 7.91. The molecule has 0 radical (unpaired) electrons. The standard InChI is InChI=1S/C18H22O4.C15H10NO2/c1-4-13(12-18(19)21-3)14-9-10-16(20-2)17(11-14)22-15-7-5-6-8-15;1-9-8-10-6-7-13(9)16(10)14(17)11-4-2-3-5-12(11)15(16)18/h1,9-11,13,15H,5-8,12H2,2-3H3;2-8H,1H3/q;+1. The van der Waals surface area contributed by atoms with Gasteiger partial charge in [0.25, 0.3) is 0 Å². The monoisotopic (exact) mass is 538 g/mol. The van der Waals surface area contributed by atoms with Gasteiger partial charge in [-0.3, -0.25) is 4.79 Å². The molecule has 7 heteroatoms. The highest BCUT2D eigenvalue weighted by atomic mass is 16.5. The van der Waals surface area contributed by atoms with E-state index in [9.17, 15) is 14.4 Å². The van der Waals surface area contributed by atoms with E-state index in [2.05, 4.69) is 5.92 Å². The van der Waals surface area contributed by atoms with Crippen LogP contribution in [0, 0.1) is 12.3 Å². The highest BCUT2D eigenvalue weighted by molar-refractivity contribution is 6.16. The summed E-state index contributed by atoms with van der Waals surface area (Å²) in [5.74, 6) is 3.12. The van der Waals surface area contributed by atoms with Gasteiger partial charge in [0.05, 0.1) is 43.8 Å². The molecule has 2 bridgehead atoms. The molecule has 0 aromatic heterocycles. The number of esters is 1. The molecule has 3 heterocycles. The van der Waals surface area contributed by atoms with Crippen LogP contribution in [0.25, 0.3) is 0 Å². The molecular formula is C33H32NO6+. The van der Waals surface area contributed by atoms with Crippen LogP contribution < -0.4 is 9.47 Å². The summed E-state index contributed by atoms with van der Waals surface area (Å²) < 4.78 is 15.9. The van der Waals surface area contributed by atoms with Crippen molar-refractivity contribution in [3.8, 4) is 23.8 Å². The van der Waals surface area contributed by atoms with E-state index in [0.717, 1.165) is 35.4 Å². The quantitative estimate of drug-likeness (QED) is 0.199. The predicted octanol–water partition coefficient (Wildman–Crippen LogP) is 5.84. The first-order valence-electron chi connectivity index (χ1n) is 13.4. The van der Waals surface area contributed by atoms with Gasteiger partial charge >= 0.3 is 17.8 Å². The van der Waals surface area contributed by atoms with Gasteiger partial charge in [-0.05, 0) is 62.4 Å². The molecule has 0 saturated heterocycles. The first-order chi connectivity index (χ1) is 19.3. The van der Waals surface area contributed by atoms with Crippen LogP contribution in [0.15, 0.2) is 77.7 Å². The predicted molar refractivity (Wildman–Crippen MR) is 149 cm³/mol. The van der Waals surface area contributed by atoms with Crippen LogP contribution in [0.4, 0.5) is 0 Å². The second-order valence-electron chi connectivity index (χ2n) is 10.2. The fraction of sp³-hybridized carbons (Fsp3) is 0.303. The molecule has 3 aliphatic heterocycles. The van der Waals surface area contributed by atoms with Crippen molar-refractivity contribution in [2.45, 2.75) is 51.0 Å². The SMILES string of the molecule is C#CC(CC(=O)OC)c1ccc(OC)c(OC2CCCC2)c1.CC1=C2C=CC(=C1)[N+]21C(=O)c2ccccc2C1=O. The molecule has 7 nitrogen and oxygen atoms in total. The van der Waals surface area contributed by atoms with Crippen LogP contribution in [0.3, 0.4) is 0 Å². The largest absolute Gasteiger partial charge is 0.493 e. The highest BCUT2D eigenvalue weighted by Crippen LogP contribution is 2.48. The van der Waals surface area contributed by atoms with Gasteiger partial charge < -0.3 is 14.2 Å². The zero-order valence-corrected chi connectivity index (χ0v) is 22.9. The Kier molecular flexibility index (Phi) is 7.46. The van der Waals surface area contributed by atoms with Crippen LogP contribution in [-0.2, 0) is 9.53 Å². The molecule has 1 atom stereocenters. The third kappa shape index (κ3) is 4.44. The average molecular weight is 539 g/mol. The first kappa shape index (κ1) is 27.2. The van der Waals surface area contributed by atoms with Crippen LogP contribution >= 0.6 is 0 Å². The van der Waals surface area contributed by atoms with Crippen molar-refractivity contribution >= 4 is 17.8 Å². The van der Waals surface area contributed by atoms with Crippen LogP contribution in [0.5, 0.6) is 11.5 Å². The minimum atomic E-state index is -0.329. The van der Waals surface area contributed by atoms with Crippen molar-refractivity contribution in [1.29, 1.82) is 0 Å². The number of carbonyl (C=O) groups is 3. The third-order valence-corrected chi connectivity index (χ3v) is 7.91. The minimum absolute atomic E-state index is 0.126. The van der Waals surface area contributed by atoms with Crippen molar-refractivity contribution in [3.63, 3.8) is 0 Å². The Morgan fingerprint density at radius 3 is 2.23 bits per heavy atom. The lowest BCUT2D eigenvalue weighted by Crippen LogP contribution is -2.46. The Morgan fingerprint density at radius 1 is 1.02 bits per heavy atom. The summed E-state index contributed by atoms with van der Waals surface area (Å²) in [4.78, 5) is 36.8. The number of rotatable bonds is 6. The number of amides is 2. The topological polar surface area (TPSA) is 78.9 Å². The minimum Gasteiger partial charge on any atom is -0.493 e. The molecule has 204 valence electrons. The average Bonchev–Trinajstić information content (AvgIpc) is 3.73. The van der Waals surface area contributed by atoms with E-state index < -0.39 is 0 Å². The summed E-state index contributed by atoms with van der Waals surface area (Å²) in [6.07, 6.45) is 16.1. The summed E-state index contributed by atoms with van der Waals surface area (Å²) >= 11 is 0. The van der Waals surface area contributed by atoms with Crippen molar-refractivity contribution in [2.75, 3.05) is 14.2 Å². The maximum atomic E-state index is 12.7. The number of ether oxygens (including phenoxy) is 3. The van der Waals surface area contributed by atoms with Crippen LogP contribution in [0.2, 0.25) is 0 Å². The van der Waals surface area contributed by atoms with Crippen molar-refractivity contribution in [3.05, 3.63) is 94.4 Å². The van der Waals surface area contributed by atoms with Gasteiger partial charge in [0.15, 0.2) is 22.9 Å². The van der Waals surface area contributed by atoms with E-state index in [0.29, 0.717) is 22.6 Å². The molecular weight excluding hydrogens is 506 g/mol. The maximum absolute atomic E-state index is 12.7. The lowest BCUT2D eigenvalue weighted by Gasteiger charge is -2.21. The molecule has 40 heavy (non-hydrogen) atoms. The molecule has 1 fully saturated rings. The maximum Gasteiger partial charge on any atom is 0.364 e. The Balaban J connectivity index is 0.000000164. The number of methoxy groups -OCH3 is 2. The molecule has 1 aliphatic carbocycles. The van der Waals surface area contributed by atoms with E-state index in [1.807, 2.05) is 43.4 Å². The molecule has 2 aromatic rings. The number of allylic oxidation sites excluding steroid dienone is 4. The van der Waals surface area contributed by atoms with Gasteiger partial charge in [-0.25, -0.2) is 9.59 Å². The van der Waals surface area contributed by atoms with Crippen molar-refractivity contribution in [2.24, 2.45) is 0 Å². The molecule has 4 aliphatic rings. The molecule has 1 saturated carbocycles. The van der Waals surface area contributed by atoms with Crippen LogP contribution in [-0.4, -0.2) is 42.6 Å². The summed E-state index contributed by atoms with van der Waals surface area (Å²) in [6.45, 7) is 1.94. The number of fused-ring (bicyclic) bond motifs is 1. The lowest BCUT2D eigenvalue weighted by molar-refractivity contribution is -0.663. The van der Waals surface area contributed by atoms with Crippen molar-refractivity contribution < 1.29 is 33.1 Å². The zero-order valence-electron chi connectivity index (χ0n) is 22.9. The second kappa shape index (κ2) is 11.0. The number of carbonyl (C=O) groups excluding carboxylic acids is 3. The van der Waals surface area contributed by atoms with Gasteiger partial charge in [0.2, 0.25) is 0 Å². The van der Waals surface area contributed by atoms with Gasteiger partial charge in [0.1, 0.15) is 0 Å². The second-order valence-corrected chi connectivity index (χ2v) is 10.2. The zero-order chi connectivity index (χ0) is 28.4. The Hall–Kier alpha value is -4.41. The lowest BCUT2D eigenvalue weighted by atomic mass is 9.96. The fourth-order valence-electron chi connectivity index (χ4n) is 5.84. The van der Waals surface area contributed by atoms with E-state index in [1.165, 1.54) is 20.0 Å². The van der Waals surface area contributed by atoms with Gasteiger partial charge in [-0.2, -0.15) is 0 Å². The molecule has 1 spiro atoms. The highest BCUT2D eigenvalue weighted by Gasteiger charge is 2.62. The van der Waals surface area contributed by atoms with Crippen molar-refractivity contribution in [1.82, 2.24) is 0 Å². The number of benzene rings is 2. The molecule has 2 aromatic carbocycles. The van der Waals surface area contributed by atoms with E-state index in [-0.39, 0.29) is 40.7 Å². The van der Waals surface area contributed by atoms with E-state index in [1.54, 1.807) is 31.4 Å². The fourth-order valence-corrected chi connectivity index (χ4v) is 5.84. The van der Waals surface area contributed by atoms with Gasteiger partial charge in [0, 0.05) is 23.8 Å². The summed E-state index contributed by atoms with van der Waals surface area (Å²) in [6, 6.07) is 12.6. The first-order valence-corrected chi connectivity index (χ1v) is 13.4. The van der Waals surface area contributed by atoms with E-state index in [4.69, 9.17) is 20.6 Å². The summed E-state index contributed by atoms with van der Waals surface area (Å²) in [7, 11) is 2.97. The van der Waals surface area contributed by atoms with E-state index >= 15 is 0 Å². The Labute approximate surface area is 234 Å². The van der Waals surface area contributed by atoms with Crippen LogP contribution in [0.1, 0.15) is 71.2 Å². The summed E-state index contributed by atoms with van der Waals surface area (Å²) in [5.41, 5.74) is 4.50. The Bertz CT molecular complexity index is 1480. The molecule has 0 N–H and O–H groups in total. The summed E-state index contributed by atoms with van der Waals surface area (Å²) in [5, 5.41) is 0. The molecule has 1 unspecified atom stereocenters. The smallest absolute Gasteiger partial charge is 0.364 e. The number of hydrogen-bond acceptors (Lipinski definition) is 6.